The molecule has 9 heteroatoms. The molecule has 0 bridgehead atoms. The Bertz CT molecular complexity index is 1010. The first-order chi connectivity index (χ1) is 13.0. The van der Waals surface area contributed by atoms with Gasteiger partial charge in [0, 0.05) is 31.7 Å². The van der Waals surface area contributed by atoms with Gasteiger partial charge in [-0.3, -0.25) is 0 Å². The molecule has 4 rings (SSSR count). The molecule has 1 aliphatic rings. The summed E-state index contributed by atoms with van der Waals surface area (Å²) in [7, 11) is -3.65. The highest BCUT2D eigenvalue weighted by molar-refractivity contribution is 7.89. The van der Waals surface area contributed by atoms with Crippen LogP contribution in [0.2, 0.25) is 0 Å². The van der Waals surface area contributed by atoms with E-state index in [1.165, 1.54) is 16.4 Å². The summed E-state index contributed by atoms with van der Waals surface area (Å²) in [6, 6.07) is 14.7. The number of piperazine rings is 1. The molecule has 0 N–H and O–H groups in total. The van der Waals surface area contributed by atoms with E-state index in [4.69, 9.17) is 4.42 Å². The van der Waals surface area contributed by atoms with Crippen LogP contribution < -0.4 is 4.90 Å². The molecule has 1 saturated heterocycles. The first-order valence-electron chi connectivity index (χ1n) is 8.44. The normalized spacial score (nSPS) is 15.8. The van der Waals surface area contributed by atoms with Gasteiger partial charge in [0.2, 0.25) is 15.9 Å². The minimum atomic E-state index is -3.65. The van der Waals surface area contributed by atoms with E-state index in [2.05, 4.69) is 10.2 Å². The Labute approximate surface area is 156 Å². The fourth-order valence-corrected chi connectivity index (χ4v) is 4.34. The van der Waals surface area contributed by atoms with Crippen LogP contribution in [0.15, 0.2) is 63.9 Å². The summed E-state index contributed by atoms with van der Waals surface area (Å²) >= 11 is 0. The van der Waals surface area contributed by atoms with Gasteiger partial charge in [-0.25, -0.2) is 12.8 Å². The molecule has 0 amide bonds. The second-order valence-electron chi connectivity index (χ2n) is 6.10. The lowest BCUT2D eigenvalue weighted by Crippen LogP contribution is -2.48. The van der Waals surface area contributed by atoms with E-state index in [0.717, 1.165) is 17.7 Å². The van der Waals surface area contributed by atoms with Crippen LogP contribution in [0.5, 0.6) is 0 Å². The Morgan fingerprint density at radius 2 is 1.56 bits per heavy atom. The molecule has 0 radical (unpaired) electrons. The van der Waals surface area contributed by atoms with E-state index in [9.17, 15) is 12.8 Å². The molecule has 1 fully saturated rings. The standard InChI is InChI=1S/C18H17FN4O3S/c19-15-6-8-16(9-7-15)27(24,25)23-12-10-22(11-13-23)18-21-20-17(26-18)14-4-2-1-3-5-14/h1-9H,10-13H2. The Morgan fingerprint density at radius 1 is 0.889 bits per heavy atom. The number of anilines is 1. The van der Waals surface area contributed by atoms with Crippen molar-refractivity contribution >= 4 is 16.0 Å². The second-order valence-corrected chi connectivity index (χ2v) is 8.04. The molecule has 27 heavy (non-hydrogen) atoms. The van der Waals surface area contributed by atoms with Gasteiger partial charge in [-0.05, 0) is 36.4 Å². The maximum Gasteiger partial charge on any atom is 0.318 e. The Morgan fingerprint density at radius 3 is 2.22 bits per heavy atom. The third-order valence-electron chi connectivity index (χ3n) is 4.40. The highest BCUT2D eigenvalue weighted by Gasteiger charge is 2.30. The van der Waals surface area contributed by atoms with Crippen molar-refractivity contribution in [2.24, 2.45) is 0 Å². The molecular formula is C18H17FN4O3S. The van der Waals surface area contributed by atoms with E-state index in [1.807, 2.05) is 35.2 Å². The van der Waals surface area contributed by atoms with Gasteiger partial charge in [0.05, 0.1) is 4.90 Å². The van der Waals surface area contributed by atoms with Crippen LogP contribution in [0.3, 0.4) is 0 Å². The van der Waals surface area contributed by atoms with Crippen molar-refractivity contribution in [2.45, 2.75) is 4.90 Å². The van der Waals surface area contributed by atoms with E-state index in [1.54, 1.807) is 0 Å². The Kier molecular flexibility index (Phi) is 4.63. The summed E-state index contributed by atoms with van der Waals surface area (Å²) in [6.45, 7) is 1.42. The molecule has 140 valence electrons. The third-order valence-corrected chi connectivity index (χ3v) is 6.31. The lowest BCUT2D eigenvalue weighted by molar-refractivity contribution is 0.372. The summed E-state index contributed by atoms with van der Waals surface area (Å²) in [4.78, 5) is 1.94. The largest absolute Gasteiger partial charge is 0.403 e. The fraction of sp³-hybridized carbons (Fsp3) is 0.222. The number of aromatic nitrogens is 2. The molecule has 2 aromatic carbocycles. The minimum absolute atomic E-state index is 0.0847. The van der Waals surface area contributed by atoms with E-state index < -0.39 is 15.8 Å². The molecule has 0 unspecified atom stereocenters. The van der Waals surface area contributed by atoms with Crippen LogP contribution in [-0.2, 0) is 10.0 Å². The zero-order valence-corrected chi connectivity index (χ0v) is 15.1. The fourth-order valence-electron chi connectivity index (χ4n) is 2.92. The smallest absolute Gasteiger partial charge is 0.318 e. The van der Waals surface area contributed by atoms with Crippen molar-refractivity contribution in [3.05, 3.63) is 60.4 Å². The average molecular weight is 388 g/mol. The number of rotatable bonds is 4. The molecule has 2 heterocycles. The van der Waals surface area contributed by atoms with E-state index in [-0.39, 0.29) is 18.0 Å². The molecule has 0 aliphatic carbocycles. The van der Waals surface area contributed by atoms with Crippen LogP contribution in [0, 0.1) is 5.82 Å². The summed E-state index contributed by atoms with van der Waals surface area (Å²) < 4.78 is 45.5. The topological polar surface area (TPSA) is 79.5 Å². The van der Waals surface area contributed by atoms with E-state index >= 15 is 0 Å². The number of halogens is 1. The van der Waals surface area contributed by atoms with Crippen LogP contribution in [-0.4, -0.2) is 49.1 Å². The second kappa shape index (κ2) is 7.09. The highest BCUT2D eigenvalue weighted by Crippen LogP contribution is 2.24. The third kappa shape index (κ3) is 3.56. The van der Waals surface area contributed by atoms with E-state index in [0.29, 0.717) is 25.0 Å². The van der Waals surface area contributed by atoms with Gasteiger partial charge >= 0.3 is 6.01 Å². The zero-order valence-electron chi connectivity index (χ0n) is 14.3. The Hall–Kier alpha value is -2.78. The van der Waals surface area contributed by atoms with Gasteiger partial charge in [0.15, 0.2) is 0 Å². The van der Waals surface area contributed by atoms with Crippen molar-refractivity contribution in [1.82, 2.24) is 14.5 Å². The van der Waals surface area contributed by atoms with Crippen molar-refractivity contribution in [1.29, 1.82) is 0 Å². The molecule has 0 atom stereocenters. The van der Waals surface area contributed by atoms with Gasteiger partial charge in [-0.15, -0.1) is 5.10 Å². The lowest BCUT2D eigenvalue weighted by atomic mass is 10.2. The molecule has 3 aromatic rings. The predicted molar refractivity (Wildman–Crippen MR) is 97.1 cm³/mol. The summed E-state index contributed by atoms with van der Waals surface area (Å²) in [5.41, 5.74) is 0.828. The molecule has 1 aliphatic heterocycles. The summed E-state index contributed by atoms with van der Waals surface area (Å²) in [5, 5.41) is 8.13. The van der Waals surface area contributed by atoms with Crippen LogP contribution in [0.4, 0.5) is 10.4 Å². The minimum Gasteiger partial charge on any atom is -0.403 e. The van der Waals surface area contributed by atoms with Gasteiger partial charge in [-0.2, -0.15) is 4.31 Å². The van der Waals surface area contributed by atoms with Gasteiger partial charge in [0.25, 0.3) is 0 Å². The van der Waals surface area contributed by atoms with Gasteiger partial charge < -0.3 is 9.32 Å². The lowest BCUT2D eigenvalue weighted by Gasteiger charge is -2.32. The molecule has 1 aromatic heterocycles. The van der Waals surface area contributed by atoms with Crippen molar-refractivity contribution in [3.63, 3.8) is 0 Å². The number of nitrogens with zero attached hydrogens (tertiary/aromatic N) is 4. The SMILES string of the molecule is O=S(=O)(c1ccc(F)cc1)N1CCN(c2nnc(-c3ccccc3)o2)CC1. The number of hydrogen-bond donors (Lipinski definition) is 0. The molecular weight excluding hydrogens is 371 g/mol. The maximum absolute atomic E-state index is 13.0. The zero-order chi connectivity index (χ0) is 18.9. The van der Waals surface area contributed by atoms with Crippen molar-refractivity contribution < 1.29 is 17.2 Å². The molecule has 0 spiro atoms. The number of hydrogen-bond acceptors (Lipinski definition) is 6. The number of benzene rings is 2. The first kappa shape index (κ1) is 17.6. The van der Waals surface area contributed by atoms with Crippen LogP contribution >= 0.6 is 0 Å². The Balaban J connectivity index is 1.45. The quantitative estimate of drug-likeness (QED) is 0.683. The first-order valence-corrected chi connectivity index (χ1v) is 9.88. The monoisotopic (exact) mass is 388 g/mol. The maximum atomic E-state index is 13.0. The summed E-state index contributed by atoms with van der Waals surface area (Å²) in [5.74, 6) is -0.0450. The van der Waals surface area contributed by atoms with Crippen LogP contribution in [0.1, 0.15) is 0 Å². The predicted octanol–water partition coefficient (Wildman–Crippen LogP) is 2.39. The highest BCUT2D eigenvalue weighted by atomic mass is 32.2. The average Bonchev–Trinajstić information content (AvgIpc) is 3.19. The van der Waals surface area contributed by atoms with Crippen molar-refractivity contribution in [2.75, 3.05) is 31.1 Å². The van der Waals surface area contributed by atoms with Gasteiger partial charge in [0.1, 0.15) is 5.82 Å². The van der Waals surface area contributed by atoms with Crippen molar-refractivity contribution in [3.8, 4) is 11.5 Å². The van der Waals surface area contributed by atoms with Gasteiger partial charge in [-0.1, -0.05) is 23.3 Å². The summed E-state index contributed by atoms with van der Waals surface area (Å²) in [6.07, 6.45) is 0. The van der Waals surface area contributed by atoms with Crippen LogP contribution in [0.25, 0.3) is 11.5 Å². The molecule has 7 nitrogen and oxygen atoms in total. The number of sulfonamides is 1. The molecule has 0 saturated carbocycles.